The van der Waals surface area contributed by atoms with E-state index in [1.54, 1.807) is 13.2 Å². The van der Waals surface area contributed by atoms with Crippen LogP contribution >= 0.6 is 0 Å². The van der Waals surface area contributed by atoms with Crippen LogP contribution in [0.1, 0.15) is 54.6 Å². The standard InChI is InChI=1S/C17H25NO5/c1-5-10-22-16(19)14-7-6-8-15(18-14)17(20)23-13(3)12(2)9-11-21-4/h6-8,12-13H,5,9-11H2,1-4H3. The summed E-state index contributed by atoms with van der Waals surface area (Å²) in [6.07, 6.45) is 1.25. The minimum Gasteiger partial charge on any atom is -0.461 e. The first-order valence-corrected chi connectivity index (χ1v) is 7.83. The van der Waals surface area contributed by atoms with Crippen molar-refractivity contribution in [1.82, 2.24) is 4.98 Å². The van der Waals surface area contributed by atoms with Crippen LogP contribution in [0.2, 0.25) is 0 Å². The van der Waals surface area contributed by atoms with E-state index in [4.69, 9.17) is 14.2 Å². The average molecular weight is 323 g/mol. The molecule has 0 aliphatic carbocycles. The maximum Gasteiger partial charge on any atom is 0.357 e. The number of ether oxygens (including phenoxy) is 3. The molecule has 0 aliphatic heterocycles. The number of pyridine rings is 1. The quantitative estimate of drug-likeness (QED) is 0.651. The largest absolute Gasteiger partial charge is 0.461 e. The van der Waals surface area contributed by atoms with E-state index in [1.165, 1.54) is 12.1 Å². The molecule has 2 unspecified atom stereocenters. The van der Waals surface area contributed by atoms with Gasteiger partial charge in [0.15, 0.2) is 0 Å². The Hall–Kier alpha value is -1.95. The van der Waals surface area contributed by atoms with Gasteiger partial charge in [0.25, 0.3) is 0 Å². The number of aromatic nitrogens is 1. The summed E-state index contributed by atoms with van der Waals surface area (Å²) in [5.74, 6) is -0.925. The smallest absolute Gasteiger partial charge is 0.357 e. The van der Waals surface area contributed by atoms with E-state index in [-0.39, 0.29) is 23.4 Å². The molecule has 2 atom stereocenters. The van der Waals surface area contributed by atoms with Gasteiger partial charge in [-0.05, 0) is 37.8 Å². The predicted molar refractivity (Wildman–Crippen MR) is 85.3 cm³/mol. The van der Waals surface area contributed by atoms with E-state index in [1.807, 2.05) is 20.8 Å². The van der Waals surface area contributed by atoms with Crippen molar-refractivity contribution in [2.75, 3.05) is 20.3 Å². The molecule has 0 bridgehead atoms. The lowest BCUT2D eigenvalue weighted by molar-refractivity contribution is 0.0167. The second-order valence-electron chi connectivity index (χ2n) is 5.41. The zero-order chi connectivity index (χ0) is 17.2. The minimum absolute atomic E-state index is 0.0988. The normalized spacial score (nSPS) is 13.2. The maximum absolute atomic E-state index is 12.2. The first-order valence-electron chi connectivity index (χ1n) is 7.83. The van der Waals surface area contributed by atoms with Crippen LogP contribution in [0.3, 0.4) is 0 Å². The highest BCUT2D eigenvalue weighted by Gasteiger charge is 2.20. The second kappa shape index (κ2) is 9.94. The van der Waals surface area contributed by atoms with Gasteiger partial charge in [0, 0.05) is 13.7 Å². The van der Waals surface area contributed by atoms with Gasteiger partial charge in [-0.2, -0.15) is 0 Å². The second-order valence-corrected chi connectivity index (χ2v) is 5.41. The van der Waals surface area contributed by atoms with Crippen LogP contribution in [0.15, 0.2) is 18.2 Å². The summed E-state index contributed by atoms with van der Waals surface area (Å²) in [4.78, 5) is 28.0. The van der Waals surface area contributed by atoms with Gasteiger partial charge < -0.3 is 14.2 Å². The van der Waals surface area contributed by atoms with E-state index in [0.717, 1.165) is 12.8 Å². The van der Waals surface area contributed by atoms with E-state index in [0.29, 0.717) is 13.2 Å². The van der Waals surface area contributed by atoms with Crippen LogP contribution in [-0.4, -0.2) is 43.4 Å². The summed E-state index contributed by atoms with van der Waals surface area (Å²) < 4.78 is 15.4. The summed E-state index contributed by atoms with van der Waals surface area (Å²) in [5.41, 5.74) is 0.203. The van der Waals surface area contributed by atoms with E-state index < -0.39 is 11.9 Å². The molecule has 1 aromatic heterocycles. The summed E-state index contributed by atoms with van der Waals surface area (Å²) in [5, 5.41) is 0. The Morgan fingerprint density at radius 3 is 2.39 bits per heavy atom. The van der Waals surface area contributed by atoms with Crippen molar-refractivity contribution in [3.63, 3.8) is 0 Å². The number of nitrogens with zero attached hydrogens (tertiary/aromatic N) is 1. The molecule has 6 nitrogen and oxygen atoms in total. The van der Waals surface area contributed by atoms with E-state index >= 15 is 0 Å². The summed E-state index contributed by atoms with van der Waals surface area (Å²) >= 11 is 0. The van der Waals surface area contributed by atoms with Crippen molar-refractivity contribution in [3.05, 3.63) is 29.6 Å². The lowest BCUT2D eigenvalue weighted by Crippen LogP contribution is -2.24. The molecule has 0 spiro atoms. The summed E-state index contributed by atoms with van der Waals surface area (Å²) in [6.45, 7) is 6.66. The molecular formula is C17H25NO5. The molecule has 1 rings (SSSR count). The van der Waals surface area contributed by atoms with Crippen LogP contribution in [0, 0.1) is 5.92 Å². The molecule has 23 heavy (non-hydrogen) atoms. The molecule has 0 saturated heterocycles. The first-order chi connectivity index (χ1) is 11.0. The van der Waals surface area contributed by atoms with Crippen molar-refractivity contribution >= 4 is 11.9 Å². The number of methoxy groups -OCH3 is 1. The molecule has 0 fully saturated rings. The van der Waals surface area contributed by atoms with E-state index in [2.05, 4.69) is 4.98 Å². The molecule has 0 saturated carbocycles. The number of hydrogen-bond acceptors (Lipinski definition) is 6. The first kappa shape index (κ1) is 19.1. The molecule has 0 N–H and O–H groups in total. The lowest BCUT2D eigenvalue weighted by atomic mass is 10.0. The molecule has 0 aromatic carbocycles. The van der Waals surface area contributed by atoms with Gasteiger partial charge in [-0.1, -0.05) is 19.9 Å². The van der Waals surface area contributed by atoms with Crippen molar-refractivity contribution in [2.45, 2.75) is 39.7 Å². The highest BCUT2D eigenvalue weighted by Crippen LogP contribution is 2.14. The molecule has 6 heteroatoms. The molecule has 0 amide bonds. The highest BCUT2D eigenvalue weighted by atomic mass is 16.5. The Labute approximate surface area is 137 Å². The Morgan fingerprint density at radius 1 is 1.13 bits per heavy atom. The number of carbonyl (C=O) groups is 2. The highest BCUT2D eigenvalue weighted by molar-refractivity contribution is 5.91. The van der Waals surface area contributed by atoms with Crippen LogP contribution in [-0.2, 0) is 14.2 Å². The minimum atomic E-state index is -0.549. The molecule has 1 heterocycles. The van der Waals surface area contributed by atoms with Crippen molar-refractivity contribution < 1.29 is 23.8 Å². The fourth-order valence-electron chi connectivity index (χ4n) is 1.81. The Balaban J connectivity index is 2.67. The molecule has 1 aromatic rings. The molecule has 128 valence electrons. The van der Waals surface area contributed by atoms with Gasteiger partial charge in [0.1, 0.15) is 17.5 Å². The molecular weight excluding hydrogens is 298 g/mol. The Bertz CT molecular complexity index is 517. The van der Waals surface area contributed by atoms with E-state index in [9.17, 15) is 9.59 Å². The monoisotopic (exact) mass is 323 g/mol. The zero-order valence-corrected chi connectivity index (χ0v) is 14.2. The van der Waals surface area contributed by atoms with Crippen LogP contribution in [0.5, 0.6) is 0 Å². The third-order valence-electron chi connectivity index (χ3n) is 3.48. The number of rotatable bonds is 9. The van der Waals surface area contributed by atoms with Crippen molar-refractivity contribution in [1.29, 1.82) is 0 Å². The Morgan fingerprint density at radius 2 is 1.78 bits per heavy atom. The summed E-state index contributed by atoms with van der Waals surface area (Å²) in [7, 11) is 1.64. The number of carbonyl (C=O) groups excluding carboxylic acids is 2. The van der Waals surface area contributed by atoms with Crippen LogP contribution in [0.4, 0.5) is 0 Å². The number of hydrogen-bond donors (Lipinski definition) is 0. The third-order valence-corrected chi connectivity index (χ3v) is 3.48. The third kappa shape index (κ3) is 6.36. The zero-order valence-electron chi connectivity index (χ0n) is 14.2. The summed E-state index contributed by atoms with van der Waals surface area (Å²) in [6, 6.07) is 4.62. The lowest BCUT2D eigenvalue weighted by Gasteiger charge is -2.19. The van der Waals surface area contributed by atoms with Gasteiger partial charge >= 0.3 is 11.9 Å². The van der Waals surface area contributed by atoms with Gasteiger partial charge in [-0.25, -0.2) is 14.6 Å². The predicted octanol–water partition coefficient (Wildman–Crippen LogP) is 2.87. The average Bonchev–Trinajstić information content (AvgIpc) is 2.57. The van der Waals surface area contributed by atoms with Crippen molar-refractivity contribution in [2.24, 2.45) is 5.92 Å². The van der Waals surface area contributed by atoms with Gasteiger partial charge in [0.05, 0.1) is 6.61 Å². The molecule has 0 aliphatic rings. The van der Waals surface area contributed by atoms with Gasteiger partial charge in [-0.15, -0.1) is 0 Å². The van der Waals surface area contributed by atoms with Crippen molar-refractivity contribution in [3.8, 4) is 0 Å². The van der Waals surface area contributed by atoms with Gasteiger partial charge in [-0.3, -0.25) is 0 Å². The molecule has 0 radical (unpaired) electrons. The van der Waals surface area contributed by atoms with Gasteiger partial charge in [0.2, 0.25) is 0 Å². The maximum atomic E-state index is 12.2. The topological polar surface area (TPSA) is 74.7 Å². The van der Waals surface area contributed by atoms with Crippen LogP contribution < -0.4 is 0 Å². The SMILES string of the molecule is CCCOC(=O)c1cccc(C(=O)OC(C)C(C)CCOC)n1. The van der Waals surface area contributed by atoms with Crippen LogP contribution in [0.25, 0.3) is 0 Å². The fraction of sp³-hybridized carbons (Fsp3) is 0.588. The number of esters is 2. The fourth-order valence-corrected chi connectivity index (χ4v) is 1.81. The Kier molecular flexibility index (Phi) is 8.26.